The average Bonchev–Trinajstić information content (AvgIpc) is 3.21. The van der Waals surface area contributed by atoms with Gasteiger partial charge in [0.25, 0.3) is 0 Å². The van der Waals surface area contributed by atoms with Crippen LogP contribution in [-0.4, -0.2) is 18.4 Å². The molecule has 0 aliphatic rings. The number of fused-ring (bicyclic) bond motifs is 1. The van der Waals surface area contributed by atoms with Crippen LogP contribution in [0.15, 0.2) is 82.8 Å². The third kappa shape index (κ3) is 3.10. The van der Waals surface area contributed by atoms with Crippen LogP contribution in [0.1, 0.15) is 5.69 Å². The number of rotatable bonds is 5. The van der Waals surface area contributed by atoms with Crippen molar-refractivity contribution in [3.63, 3.8) is 0 Å². The normalized spacial score (nSPS) is 11.7. The highest BCUT2D eigenvalue weighted by Crippen LogP contribution is 2.24. The summed E-state index contributed by atoms with van der Waals surface area (Å²) >= 11 is 0. The Morgan fingerprint density at radius 1 is 0.962 bits per heavy atom. The van der Waals surface area contributed by atoms with Gasteiger partial charge in [-0.3, -0.25) is 9.97 Å². The van der Waals surface area contributed by atoms with E-state index in [2.05, 4.69) is 14.7 Å². The molecule has 0 radical (unpaired) electrons. The second-order valence-corrected chi connectivity index (χ2v) is 7.40. The van der Waals surface area contributed by atoms with Gasteiger partial charge < -0.3 is 4.42 Å². The Morgan fingerprint density at radius 3 is 2.62 bits per heavy atom. The summed E-state index contributed by atoms with van der Waals surface area (Å²) in [6, 6.07) is 14.3. The van der Waals surface area contributed by atoms with Gasteiger partial charge in [-0.05, 0) is 17.5 Å². The van der Waals surface area contributed by atoms with Crippen LogP contribution >= 0.6 is 0 Å². The molecule has 0 atom stereocenters. The largest absolute Gasteiger partial charge is 0.472 e. The highest BCUT2D eigenvalue weighted by molar-refractivity contribution is 7.89. The number of benzene rings is 2. The minimum absolute atomic E-state index is 0.0277. The first kappa shape index (κ1) is 16.4. The van der Waals surface area contributed by atoms with Crippen LogP contribution in [0.25, 0.3) is 22.0 Å². The Balaban J connectivity index is 1.66. The standard InChI is InChI=1S/C19H15N3O3S/c23-26(24,18-7-3-5-14-4-1-2-6-16(14)18)22-12-17-19(21-10-9-20-17)15-8-11-25-13-15/h1-11,13,22H,12H2. The van der Waals surface area contributed by atoms with Crippen molar-refractivity contribution < 1.29 is 12.8 Å². The molecule has 0 unspecified atom stereocenters. The predicted octanol–water partition coefficient (Wildman–Crippen LogP) is 3.37. The van der Waals surface area contributed by atoms with Crippen molar-refractivity contribution in [1.29, 1.82) is 0 Å². The van der Waals surface area contributed by atoms with Crippen LogP contribution in [0, 0.1) is 0 Å². The lowest BCUT2D eigenvalue weighted by Crippen LogP contribution is -2.24. The number of nitrogens with zero attached hydrogens (tertiary/aromatic N) is 2. The first-order chi connectivity index (χ1) is 12.6. The molecule has 6 nitrogen and oxygen atoms in total. The third-order valence-corrected chi connectivity index (χ3v) is 5.50. The molecular weight excluding hydrogens is 350 g/mol. The van der Waals surface area contributed by atoms with Gasteiger partial charge in [-0.15, -0.1) is 0 Å². The minimum atomic E-state index is -3.71. The fourth-order valence-corrected chi connectivity index (χ4v) is 4.02. The zero-order valence-electron chi connectivity index (χ0n) is 13.7. The average molecular weight is 365 g/mol. The van der Waals surface area contributed by atoms with E-state index in [1.54, 1.807) is 36.7 Å². The van der Waals surface area contributed by atoms with Crippen LogP contribution in [0.2, 0.25) is 0 Å². The summed E-state index contributed by atoms with van der Waals surface area (Å²) in [5.74, 6) is 0. The van der Waals surface area contributed by atoms with E-state index < -0.39 is 10.0 Å². The molecule has 7 heteroatoms. The van der Waals surface area contributed by atoms with Crippen molar-refractivity contribution in [3.8, 4) is 11.3 Å². The molecule has 0 spiro atoms. The number of hydrogen-bond acceptors (Lipinski definition) is 5. The van der Waals surface area contributed by atoms with E-state index in [4.69, 9.17) is 4.42 Å². The van der Waals surface area contributed by atoms with Gasteiger partial charge in [0.2, 0.25) is 10.0 Å². The monoisotopic (exact) mass is 365 g/mol. The number of sulfonamides is 1. The zero-order valence-corrected chi connectivity index (χ0v) is 14.5. The number of hydrogen-bond donors (Lipinski definition) is 1. The molecule has 0 aliphatic heterocycles. The van der Waals surface area contributed by atoms with Gasteiger partial charge in [-0.2, -0.15) is 0 Å². The van der Waals surface area contributed by atoms with Crippen LogP contribution in [0.5, 0.6) is 0 Å². The lowest BCUT2D eigenvalue weighted by atomic mass is 10.1. The van der Waals surface area contributed by atoms with E-state index in [-0.39, 0.29) is 11.4 Å². The highest BCUT2D eigenvalue weighted by atomic mass is 32.2. The first-order valence-corrected chi connectivity index (χ1v) is 9.43. The van der Waals surface area contributed by atoms with Crippen molar-refractivity contribution in [2.24, 2.45) is 0 Å². The Hall–Kier alpha value is -3.03. The van der Waals surface area contributed by atoms with E-state index >= 15 is 0 Å². The van der Waals surface area contributed by atoms with Crippen LogP contribution in [0.3, 0.4) is 0 Å². The molecule has 0 saturated carbocycles. The molecule has 0 aliphatic carbocycles. The molecule has 130 valence electrons. The van der Waals surface area contributed by atoms with Gasteiger partial charge in [0.15, 0.2) is 0 Å². The molecule has 2 aromatic heterocycles. The Kier molecular flexibility index (Phi) is 4.24. The Labute approximate surface area is 150 Å². The predicted molar refractivity (Wildman–Crippen MR) is 97.7 cm³/mol. The summed E-state index contributed by atoms with van der Waals surface area (Å²) in [4.78, 5) is 8.79. The summed E-state index contributed by atoms with van der Waals surface area (Å²) in [7, 11) is -3.71. The molecule has 2 aromatic carbocycles. The summed E-state index contributed by atoms with van der Waals surface area (Å²) in [6.07, 6.45) is 6.18. The molecule has 2 heterocycles. The molecule has 4 rings (SSSR count). The minimum Gasteiger partial charge on any atom is -0.472 e. The van der Waals surface area contributed by atoms with Gasteiger partial charge >= 0.3 is 0 Å². The van der Waals surface area contributed by atoms with Crippen molar-refractivity contribution in [2.45, 2.75) is 11.4 Å². The number of aromatic nitrogens is 2. The van der Waals surface area contributed by atoms with Crippen LogP contribution in [0.4, 0.5) is 0 Å². The van der Waals surface area contributed by atoms with Gasteiger partial charge in [0.1, 0.15) is 0 Å². The maximum atomic E-state index is 12.8. The van der Waals surface area contributed by atoms with Crippen molar-refractivity contribution in [3.05, 3.63) is 79.1 Å². The molecule has 0 amide bonds. The van der Waals surface area contributed by atoms with Crippen LogP contribution in [-0.2, 0) is 16.6 Å². The van der Waals surface area contributed by atoms with Gasteiger partial charge in [0, 0.05) is 23.3 Å². The van der Waals surface area contributed by atoms with Gasteiger partial charge in [-0.25, -0.2) is 13.1 Å². The highest BCUT2D eigenvalue weighted by Gasteiger charge is 2.18. The molecule has 26 heavy (non-hydrogen) atoms. The molecule has 4 aromatic rings. The van der Waals surface area contributed by atoms with E-state index in [0.717, 1.165) is 10.9 Å². The molecular formula is C19H15N3O3S. The second-order valence-electron chi connectivity index (χ2n) is 5.67. The lowest BCUT2D eigenvalue weighted by Gasteiger charge is -2.10. The maximum Gasteiger partial charge on any atom is 0.241 e. The number of nitrogens with one attached hydrogen (secondary N) is 1. The zero-order chi connectivity index (χ0) is 18.0. The van der Waals surface area contributed by atoms with Crippen molar-refractivity contribution in [1.82, 2.24) is 14.7 Å². The maximum absolute atomic E-state index is 12.8. The van der Waals surface area contributed by atoms with Crippen LogP contribution < -0.4 is 4.72 Å². The molecule has 0 fully saturated rings. The quantitative estimate of drug-likeness (QED) is 0.586. The number of furan rings is 1. The molecule has 0 bridgehead atoms. The third-order valence-electron chi connectivity index (χ3n) is 4.04. The van der Waals surface area contributed by atoms with E-state index in [0.29, 0.717) is 16.8 Å². The van der Waals surface area contributed by atoms with E-state index in [1.807, 2.05) is 24.3 Å². The molecule has 0 saturated heterocycles. The SMILES string of the molecule is O=S(=O)(NCc1nccnc1-c1ccoc1)c1cccc2ccccc12. The summed E-state index contributed by atoms with van der Waals surface area (Å²) in [5.41, 5.74) is 1.86. The fourth-order valence-electron chi connectivity index (χ4n) is 2.81. The second kappa shape index (κ2) is 6.70. The topological polar surface area (TPSA) is 85.1 Å². The van der Waals surface area contributed by atoms with E-state index in [9.17, 15) is 8.42 Å². The lowest BCUT2D eigenvalue weighted by molar-refractivity contribution is 0.568. The smallest absolute Gasteiger partial charge is 0.241 e. The van der Waals surface area contributed by atoms with Gasteiger partial charge in [-0.1, -0.05) is 36.4 Å². The first-order valence-electron chi connectivity index (χ1n) is 7.95. The van der Waals surface area contributed by atoms with Crippen molar-refractivity contribution in [2.75, 3.05) is 0 Å². The summed E-state index contributed by atoms with van der Waals surface area (Å²) < 4.78 is 33.4. The Morgan fingerprint density at radius 2 is 1.77 bits per heavy atom. The summed E-state index contributed by atoms with van der Waals surface area (Å²) in [6.45, 7) is 0.0277. The Bertz CT molecular complexity index is 1150. The molecule has 1 N–H and O–H groups in total. The fraction of sp³-hybridized carbons (Fsp3) is 0.0526. The summed E-state index contributed by atoms with van der Waals surface area (Å²) in [5, 5.41) is 1.55. The van der Waals surface area contributed by atoms with Gasteiger partial charge in [0.05, 0.1) is 35.4 Å². The van der Waals surface area contributed by atoms with E-state index in [1.165, 1.54) is 12.5 Å². The van der Waals surface area contributed by atoms with Crippen molar-refractivity contribution >= 4 is 20.8 Å².